The number of benzene rings is 2. The van der Waals surface area contributed by atoms with Gasteiger partial charge in [-0.15, -0.1) is 0 Å². The zero-order chi connectivity index (χ0) is 30.3. The number of hydrogen-bond acceptors (Lipinski definition) is 5. The molecule has 3 fully saturated rings. The van der Waals surface area contributed by atoms with Crippen molar-refractivity contribution in [3.05, 3.63) is 58.9 Å². The lowest BCUT2D eigenvalue weighted by Crippen LogP contribution is -2.53. The van der Waals surface area contributed by atoms with Crippen LogP contribution in [0.1, 0.15) is 73.9 Å². The van der Waals surface area contributed by atoms with E-state index in [4.69, 9.17) is 5.73 Å². The summed E-state index contributed by atoms with van der Waals surface area (Å²) in [5.74, 6) is -3.36. The van der Waals surface area contributed by atoms with E-state index in [9.17, 15) is 31.2 Å². The van der Waals surface area contributed by atoms with Gasteiger partial charge in [0, 0.05) is 23.4 Å². The molecule has 3 aliphatic rings. The summed E-state index contributed by atoms with van der Waals surface area (Å²) >= 11 is 0. The van der Waals surface area contributed by atoms with Gasteiger partial charge in [0.2, 0.25) is 5.91 Å². The zero-order valence-corrected chi connectivity index (χ0v) is 24.0. The topological polar surface area (TPSA) is 110 Å². The number of nitrogens with two attached hydrogens (primary N) is 1. The van der Waals surface area contributed by atoms with Crippen LogP contribution in [0.2, 0.25) is 0 Å². The summed E-state index contributed by atoms with van der Waals surface area (Å²) in [6.07, 6.45) is -1.64. The van der Waals surface area contributed by atoms with Crippen molar-refractivity contribution in [2.75, 3.05) is 11.6 Å². The van der Waals surface area contributed by atoms with Crippen LogP contribution in [-0.2, 0) is 20.8 Å². The van der Waals surface area contributed by atoms with Crippen molar-refractivity contribution in [3.8, 4) is 0 Å². The fourth-order valence-corrected chi connectivity index (χ4v) is 7.23. The average molecular weight is 596 g/mol. The Balaban J connectivity index is 1.65. The van der Waals surface area contributed by atoms with Crippen LogP contribution in [0.4, 0.5) is 23.2 Å². The van der Waals surface area contributed by atoms with Crippen molar-refractivity contribution in [3.63, 3.8) is 0 Å². The quantitative estimate of drug-likeness (QED) is 0.433. The van der Waals surface area contributed by atoms with E-state index in [1.807, 2.05) is 20.8 Å². The van der Waals surface area contributed by atoms with E-state index < -0.39 is 62.2 Å². The van der Waals surface area contributed by atoms with Gasteiger partial charge in [-0.05, 0) is 94.2 Å². The number of rotatable bonds is 7. The average Bonchev–Trinajstić information content (AvgIpc) is 3.75. The highest BCUT2D eigenvalue weighted by molar-refractivity contribution is 7.90. The van der Waals surface area contributed by atoms with Crippen LogP contribution < -0.4 is 11.1 Å². The van der Waals surface area contributed by atoms with Crippen LogP contribution in [0.25, 0.3) is 0 Å². The summed E-state index contributed by atoms with van der Waals surface area (Å²) in [5, 5.41) is 3.22. The largest absolute Gasteiger partial charge is 0.416 e. The number of amides is 2. The first-order valence-corrected chi connectivity index (χ1v) is 15.4. The van der Waals surface area contributed by atoms with Crippen LogP contribution in [0.5, 0.6) is 0 Å². The molecule has 0 spiro atoms. The summed E-state index contributed by atoms with van der Waals surface area (Å²) in [6.45, 7) is 5.59. The number of carbonyl (C=O) groups excluding carboxylic acids is 2. The molecule has 41 heavy (non-hydrogen) atoms. The molecule has 2 aromatic rings. The first-order valence-electron chi connectivity index (χ1n) is 13.5. The molecule has 2 aromatic carbocycles. The maximum Gasteiger partial charge on any atom is 0.416 e. The van der Waals surface area contributed by atoms with E-state index in [0.717, 1.165) is 18.4 Å². The third-order valence-corrected chi connectivity index (χ3v) is 9.50. The van der Waals surface area contributed by atoms with E-state index in [1.165, 1.54) is 23.1 Å². The van der Waals surface area contributed by atoms with Gasteiger partial charge in [0.1, 0.15) is 11.9 Å². The summed E-state index contributed by atoms with van der Waals surface area (Å²) < 4.78 is 80.2. The van der Waals surface area contributed by atoms with Gasteiger partial charge in [-0.3, -0.25) is 9.59 Å². The number of alkyl halides is 3. The predicted molar refractivity (Wildman–Crippen MR) is 144 cm³/mol. The molecule has 2 saturated carbocycles. The van der Waals surface area contributed by atoms with Crippen molar-refractivity contribution in [2.45, 2.75) is 80.6 Å². The predicted octanol–water partition coefficient (Wildman–Crippen LogP) is 5.11. The number of anilines is 1. The van der Waals surface area contributed by atoms with Crippen LogP contribution in [0, 0.1) is 17.7 Å². The van der Waals surface area contributed by atoms with Gasteiger partial charge in [0.25, 0.3) is 5.91 Å². The van der Waals surface area contributed by atoms with Crippen LogP contribution in [0.15, 0.2) is 41.3 Å². The van der Waals surface area contributed by atoms with Gasteiger partial charge in [-0.2, -0.15) is 13.2 Å². The number of carbonyl (C=O) groups is 2. The number of nitrogens with one attached hydrogen (secondary N) is 1. The number of fused-ring (bicyclic) bond motifs is 1. The third kappa shape index (κ3) is 5.30. The molecule has 1 aliphatic heterocycles. The summed E-state index contributed by atoms with van der Waals surface area (Å²) in [7, 11) is -3.71. The molecule has 4 atom stereocenters. The SMILES string of the molecule is CC(C)(C)Nc1ccc(S(C)(=O)=O)cc1C(=O)N1C(C(N)=O)CC2CC21[C@@H](c1ccc(C(F)(F)F)cc1F)C1CC1. The van der Waals surface area contributed by atoms with E-state index in [-0.39, 0.29) is 34.3 Å². The lowest BCUT2D eigenvalue weighted by Gasteiger charge is -2.39. The monoisotopic (exact) mass is 595 g/mol. The van der Waals surface area contributed by atoms with Gasteiger partial charge < -0.3 is 16.0 Å². The van der Waals surface area contributed by atoms with Crippen molar-refractivity contribution in [2.24, 2.45) is 17.6 Å². The van der Waals surface area contributed by atoms with Crippen molar-refractivity contribution >= 4 is 27.3 Å². The number of piperidine rings is 1. The molecule has 2 aliphatic carbocycles. The second-order valence-electron chi connectivity index (χ2n) is 12.6. The molecule has 5 rings (SSSR count). The van der Waals surface area contributed by atoms with E-state index >= 15 is 4.39 Å². The van der Waals surface area contributed by atoms with E-state index in [2.05, 4.69) is 5.32 Å². The lowest BCUT2D eigenvalue weighted by molar-refractivity contribution is -0.137. The Morgan fingerprint density at radius 2 is 1.76 bits per heavy atom. The number of halogens is 4. The number of hydrogen-bond donors (Lipinski definition) is 2. The first kappa shape index (κ1) is 29.3. The molecule has 0 aromatic heterocycles. The van der Waals surface area contributed by atoms with Crippen LogP contribution in [-0.4, -0.2) is 48.5 Å². The molecule has 3 unspecified atom stereocenters. The lowest BCUT2D eigenvalue weighted by atomic mass is 9.82. The Kier molecular flexibility index (Phi) is 6.75. The van der Waals surface area contributed by atoms with Gasteiger partial charge >= 0.3 is 6.18 Å². The normalized spacial score (nSPS) is 25.0. The highest BCUT2D eigenvalue weighted by atomic mass is 32.2. The van der Waals surface area contributed by atoms with Crippen LogP contribution in [0.3, 0.4) is 0 Å². The molecule has 222 valence electrons. The number of nitrogens with zero attached hydrogens (tertiary/aromatic N) is 1. The highest BCUT2D eigenvalue weighted by Gasteiger charge is 2.73. The minimum Gasteiger partial charge on any atom is -0.380 e. The molecule has 12 heteroatoms. The molecule has 3 N–H and O–H groups in total. The number of sulfone groups is 1. The van der Waals surface area contributed by atoms with Gasteiger partial charge in [-0.25, -0.2) is 12.8 Å². The molecule has 0 radical (unpaired) electrons. The Labute approximate surface area is 236 Å². The van der Waals surface area contributed by atoms with Crippen molar-refractivity contribution in [1.29, 1.82) is 0 Å². The highest BCUT2D eigenvalue weighted by Crippen LogP contribution is 2.69. The maximum absolute atomic E-state index is 15.4. The molecular weight excluding hydrogens is 562 g/mol. The molecule has 1 heterocycles. The Morgan fingerprint density at radius 1 is 1.10 bits per heavy atom. The van der Waals surface area contributed by atoms with Gasteiger partial charge in [0.05, 0.1) is 21.6 Å². The Morgan fingerprint density at radius 3 is 2.27 bits per heavy atom. The minimum atomic E-state index is -4.72. The van der Waals surface area contributed by atoms with E-state index in [1.54, 1.807) is 0 Å². The summed E-state index contributed by atoms with van der Waals surface area (Å²) in [4.78, 5) is 28.5. The minimum absolute atomic E-state index is 0.0171. The number of likely N-dealkylation sites (tertiary alicyclic amines) is 1. The molecule has 0 bridgehead atoms. The van der Waals surface area contributed by atoms with E-state index in [0.29, 0.717) is 31.0 Å². The van der Waals surface area contributed by atoms with Gasteiger partial charge in [0.15, 0.2) is 9.84 Å². The molecular formula is C29H33F4N3O4S. The maximum atomic E-state index is 15.4. The molecule has 7 nitrogen and oxygen atoms in total. The smallest absolute Gasteiger partial charge is 0.380 e. The zero-order valence-electron chi connectivity index (χ0n) is 23.2. The number of primary amides is 1. The second-order valence-corrected chi connectivity index (χ2v) is 14.6. The molecule has 1 saturated heterocycles. The molecule has 2 amide bonds. The Bertz CT molecular complexity index is 1530. The Hall–Kier alpha value is -3.15. The summed E-state index contributed by atoms with van der Waals surface area (Å²) in [5.41, 5.74) is 3.54. The second kappa shape index (κ2) is 9.43. The fourth-order valence-electron chi connectivity index (χ4n) is 6.58. The first-order chi connectivity index (χ1) is 18.8. The van der Waals surface area contributed by atoms with Crippen molar-refractivity contribution < 1.29 is 35.6 Å². The standard InChI is InChI=1S/C29H33F4N3O4S/c1-27(2,3)35-22-10-8-18(41(4,39)40)13-20(22)26(38)36-23(25(34)37)12-17-14-28(17,36)24(15-5-6-15)19-9-7-16(11-21(19)30)29(31,32)33/h7-11,13,15,17,23-24,35H,5-6,12,14H2,1-4H3,(H2,34,37)/t17?,23?,24-,28?/m1/s1. The van der Waals surface area contributed by atoms with Crippen molar-refractivity contribution in [1.82, 2.24) is 4.90 Å². The third-order valence-electron chi connectivity index (χ3n) is 8.39. The van der Waals surface area contributed by atoms with Gasteiger partial charge in [-0.1, -0.05) is 6.07 Å². The fraction of sp³-hybridized carbons (Fsp3) is 0.517. The van der Waals surface area contributed by atoms with Crippen LogP contribution >= 0.6 is 0 Å². The summed E-state index contributed by atoms with van der Waals surface area (Å²) in [6, 6.07) is 5.57.